The Bertz CT molecular complexity index is 895. The van der Waals surface area contributed by atoms with Crippen LogP contribution in [0.2, 0.25) is 0 Å². The zero-order chi connectivity index (χ0) is 21.1. The highest BCUT2D eigenvalue weighted by atomic mass is 16.5. The molecule has 2 unspecified atom stereocenters. The molecule has 2 aliphatic rings. The molecule has 0 heterocycles. The normalized spacial score (nSPS) is 22.8. The molecule has 0 aliphatic heterocycles. The number of fused-ring (bicyclic) bond motifs is 3. The third-order valence-electron chi connectivity index (χ3n) is 6.86. The quantitative estimate of drug-likeness (QED) is 0.678. The zero-order valence-electron chi connectivity index (χ0n) is 17.4. The van der Waals surface area contributed by atoms with Crippen molar-refractivity contribution in [1.82, 2.24) is 5.32 Å². The van der Waals surface area contributed by atoms with Crippen molar-refractivity contribution in [3.63, 3.8) is 0 Å². The van der Waals surface area contributed by atoms with Crippen LogP contribution in [0.3, 0.4) is 0 Å². The third-order valence-corrected chi connectivity index (χ3v) is 6.86. The van der Waals surface area contributed by atoms with Crippen molar-refractivity contribution in [3.8, 4) is 11.1 Å². The van der Waals surface area contributed by atoms with E-state index in [1.54, 1.807) is 0 Å². The first-order valence-electron chi connectivity index (χ1n) is 10.9. The monoisotopic (exact) mass is 407 g/mol. The molecule has 1 fully saturated rings. The van der Waals surface area contributed by atoms with Gasteiger partial charge in [0.25, 0.3) is 0 Å². The van der Waals surface area contributed by atoms with E-state index in [9.17, 15) is 14.7 Å². The number of carbonyl (C=O) groups is 2. The van der Waals surface area contributed by atoms with Crippen molar-refractivity contribution in [2.24, 2.45) is 5.92 Å². The first kappa shape index (κ1) is 20.5. The van der Waals surface area contributed by atoms with Gasteiger partial charge in [-0.15, -0.1) is 0 Å². The van der Waals surface area contributed by atoms with E-state index in [1.807, 2.05) is 24.3 Å². The van der Waals surface area contributed by atoms with Crippen molar-refractivity contribution < 1.29 is 19.4 Å². The fourth-order valence-corrected chi connectivity index (χ4v) is 5.46. The molecule has 1 saturated carbocycles. The molecule has 2 N–H and O–H groups in total. The molecule has 0 radical (unpaired) electrons. The van der Waals surface area contributed by atoms with Gasteiger partial charge < -0.3 is 15.2 Å². The molecule has 2 atom stereocenters. The second-order valence-corrected chi connectivity index (χ2v) is 8.53. The number of nitrogens with one attached hydrogen (secondary N) is 1. The van der Waals surface area contributed by atoms with Crippen molar-refractivity contribution in [1.29, 1.82) is 0 Å². The van der Waals surface area contributed by atoms with Crippen molar-refractivity contribution in [2.45, 2.75) is 56.9 Å². The van der Waals surface area contributed by atoms with Gasteiger partial charge in [-0.05, 0) is 41.0 Å². The number of aliphatic carboxylic acids is 1. The van der Waals surface area contributed by atoms with Crippen molar-refractivity contribution in [2.75, 3.05) is 6.61 Å². The van der Waals surface area contributed by atoms with Gasteiger partial charge >= 0.3 is 12.1 Å². The molecule has 1 amide bonds. The number of alkyl carbamates (subject to hydrolysis) is 1. The summed E-state index contributed by atoms with van der Waals surface area (Å²) in [7, 11) is 0. The molecule has 5 nitrogen and oxygen atoms in total. The second kappa shape index (κ2) is 8.50. The lowest BCUT2D eigenvalue weighted by atomic mass is 9.69. The Labute approximate surface area is 177 Å². The van der Waals surface area contributed by atoms with Crippen LogP contribution in [0.4, 0.5) is 4.79 Å². The molecule has 0 bridgehead atoms. The molecule has 4 rings (SSSR count). The highest BCUT2D eigenvalue weighted by molar-refractivity contribution is 5.79. The predicted octanol–water partition coefficient (Wildman–Crippen LogP) is 5.34. The van der Waals surface area contributed by atoms with Crippen LogP contribution >= 0.6 is 0 Å². The van der Waals surface area contributed by atoms with E-state index in [2.05, 4.69) is 36.5 Å². The average molecular weight is 408 g/mol. The number of carboxylic acid groups (broad SMARTS) is 1. The van der Waals surface area contributed by atoms with Gasteiger partial charge in [0.1, 0.15) is 6.61 Å². The molecule has 2 aromatic carbocycles. The van der Waals surface area contributed by atoms with E-state index in [0.717, 1.165) is 36.8 Å². The Morgan fingerprint density at radius 3 is 2.30 bits per heavy atom. The predicted molar refractivity (Wildman–Crippen MR) is 115 cm³/mol. The first-order chi connectivity index (χ1) is 14.5. The third kappa shape index (κ3) is 3.81. The number of ether oxygens (including phenoxy) is 1. The molecule has 2 aromatic rings. The summed E-state index contributed by atoms with van der Waals surface area (Å²) in [6.07, 6.45) is 3.89. The zero-order valence-corrected chi connectivity index (χ0v) is 17.4. The second-order valence-electron chi connectivity index (χ2n) is 8.53. The van der Waals surface area contributed by atoms with E-state index in [1.165, 1.54) is 11.1 Å². The smallest absolute Gasteiger partial charge is 0.407 e. The van der Waals surface area contributed by atoms with Gasteiger partial charge in [0.15, 0.2) is 0 Å². The van der Waals surface area contributed by atoms with E-state index >= 15 is 0 Å². The maximum atomic E-state index is 12.8. The van der Waals surface area contributed by atoms with Crippen LogP contribution in [0.5, 0.6) is 0 Å². The minimum atomic E-state index is -0.880. The lowest BCUT2D eigenvalue weighted by Crippen LogP contribution is -2.56. The Morgan fingerprint density at radius 2 is 1.70 bits per heavy atom. The van der Waals surface area contributed by atoms with Gasteiger partial charge in [-0.2, -0.15) is 0 Å². The maximum Gasteiger partial charge on any atom is 0.407 e. The summed E-state index contributed by atoms with van der Waals surface area (Å²) < 4.78 is 5.70. The van der Waals surface area contributed by atoms with Crippen LogP contribution in [0.1, 0.15) is 62.5 Å². The number of rotatable bonds is 6. The Kier molecular flexibility index (Phi) is 5.80. The van der Waals surface area contributed by atoms with Crippen LogP contribution in [-0.2, 0) is 9.53 Å². The number of hydrogen-bond acceptors (Lipinski definition) is 3. The summed E-state index contributed by atoms with van der Waals surface area (Å²) in [6, 6.07) is 16.4. The molecular weight excluding hydrogens is 378 g/mol. The Hall–Kier alpha value is -2.82. The molecule has 158 valence electrons. The van der Waals surface area contributed by atoms with Crippen LogP contribution in [0.15, 0.2) is 48.5 Å². The van der Waals surface area contributed by atoms with E-state index < -0.39 is 17.6 Å². The summed E-state index contributed by atoms with van der Waals surface area (Å²) in [5, 5.41) is 12.5. The van der Waals surface area contributed by atoms with Crippen LogP contribution in [0, 0.1) is 5.92 Å². The van der Waals surface area contributed by atoms with E-state index in [0.29, 0.717) is 6.42 Å². The van der Waals surface area contributed by atoms with Crippen molar-refractivity contribution >= 4 is 12.1 Å². The number of carboxylic acids is 1. The number of carbonyl (C=O) groups excluding carboxylic acids is 1. The Morgan fingerprint density at radius 1 is 1.07 bits per heavy atom. The van der Waals surface area contributed by atoms with E-state index in [4.69, 9.17) is 4.74 Å². The largest absolute Gasteiger partial charge is 0.481 e. The van der Waals surface area contributed by atoms with Gasteiger partial charge in [-0.3, -0.25) is 4.79 Å². The fraction of sp³-hybridized carbons (Fsp3) is 0.440. The number of benzene rings is 2. The highest BCUT2D eigenvalue weighted by Gasteiger charge is 2.43. The van der Waals surface area contributed by atoms with Gasteiger partial charge in [0.2, 0.25) is 0 Å². The lowest BCUT2D eigenvalue weighted by Gasteiger charge is -2.43. The molecular formula is C25H29NO4. The minimum absolute atomic E-state index is 0.00750. The highest BCUT2D eigenvalue weighted by Crippen LogP contribution is 2.44. The van der Waals surface area contributed by atoms with Gasteiger partial charge in [-0.25, -0.2) is 4.79 Å². The maximum absolute atomic E-state index is 12.8. The van der Waals surface area contributed by atoms with Gasteiger partial charge in [0.05, 0.1) is 12.0 Å². The summed E-state index contributed by atoms with van der Waals surface area (Å²) in [6.45, 7) is 2.30. The topological polar surface area (TPSA) is 75.6 Å². The minimum Gasteiger partial charge on any atom is -0.481 e. The summed E-state index contributed by atoms with van der Waals surface area (Å²) in [5.74, 6) is -0.732. The molecule has 30 heavy (non-hydrogen) atoms. The van der Waals surface area contributed by atoms with Crippen LogP contribution in [0.25, 0.3) is 11.1 Å². The molecule has 2 aliphatic carbocycles. The molecule has 0 aromatic heterocycles. The number of hydrogen-bond donors (Lipinski definition) is 2. The lowest BCUT2D eigenvalue weighted by molar-refractivity contribution is -0.139. The van der Waals surface area contributed by atoms with E-state index in [-0.39, 0.29) is 24.9 Å². The van der Waals surface area contributed by atoms with Crippen molar-refractivity contribution in [3.05, 3.63) is 59.7 Å². The summed E-state index contributed by atoms with van der Waals surface area (Å²) in [4.78, 5) is 24.4. The van der Waals surface area contributed by atoms with Crippen LogP contribution in [-0.4, -0.2) is 29.3 Å². The Balaban J connectivity index is 1.50. The molecule has 0 saturated heterocycles. The molecule has 5 heteroatoms. The van der Waals surface area contributed by atoms with Crippen LogP contribution < -0.4 is 5.32 Å². The summed E-state index contributed by atoms with van der Waals surface area (Å²) >= 11 is 0. The van der Waals surface area contributed by atoms with Gasteiger partial charge in [-0.1, -0.05) is 74.7 Å². The number of amides is 1. The average Bonchev–Trinajstić information content (AvgIpc) is 3.06. The fourth-order valence-electron chi connectivity index (χ4n) is 5.46. The first-order valence-corrected chi connectivity index (χ1v) is 10.9. The standard InChI is InChI=1S/C25H29NO4/c1-2-17-9-7-8-14-25(17,15-23(27)28)26-24(29)30-16-22-20-12-5-3-10-18(20)19-11-4-6-13-21(19)22/h3-6,10-13,17,22H,2,7-9,14-16H2,1H3,(H,26,29)(H,27,28). The molecule has 0 spiro atoms. The summed E-state index contributed by atoms with van der Waals surface area (Å²) in [5.41, 5.74) is 3.97. The SMILES string of the molecule is CCC1CCCCC1(CC(=O)O)NC(=O)OCC1c2ccccc2-c2ccccc21. The van der Waals surface area contributed by atoms with Gasteiger partial charge in [0, 0.05) is 5.92 Å².